The van der Waals surface area contributed by atoms with Gasteiger partial charge in [-0.2, -0.15) is 0 Å². The molecule has 6 nitrogen and oxygen atoms in total. The average molecular weight is 287 g/mol. The Hall–Kier alpha value is -1.63. The number of nitrogens with one attached hydrogen (secondary N) is 1. The molecule has 0 aliphatic carbocycles. The third kappa shape index (κ3) is 5.25. The van der Waals surface area contributed by atoms with Crippen LogP contribution in [0.15, 0.2) is 18.2 Å². The number of rotatable bonds is 7. The molecule has 1 aromatic carbocycles. The number of carbonyl (C=O) groups excluding carboxylic acids is 2. The molecule has 0 heterocycles. The van der Waals surface area contributed by atoms with E-state index in [0.29, 0.717) is 18.9 Å². The monoisotopic (exact) mass is 286 g/mol. The van der Waals surface area contributed by atoms with Crippen LogP contribution in [0, 0.1) is 0 Å². The number of hydrogen-bond donors (Lipinski definition) is 2. The van der Waals surface area contributed by atoms with Crippen molar-refractivity contribution in [1.29, 1.82) is 0 Å². The van der Waals surface area contributed by atoms with Gasteiger partial charge in [0.25, 0.3) is 0 Å². The summed E-state index contributed by atoms with van der Waals surface area (Å²) in [6.45, 7) is 0.648. The molecule has 0 aliphatic heterocycles. The minimum absolute atomic E-state index is 0.0993. The van der Waals surface area contributed by atoms with Gasteiger partial charge in [0, 0.05) is 12.8 Å². The molecule has 0 spiro atoms. The fourth-order valence-electron chi connectivity index (χ4n) is 1.30. The Bertz CT molecular complexity index is 465. The number of amides is 2. The van der Waals surface area contributed by atoms with Gasteiger partial charge in [-0.05, 0) is 18.2 Å². The van der Waals surface area contributed by atoms with Crippen LogP contribution in [-0.4, -0.2) is 38.7 Å². The Balaban J connectivity index is 2.55. The average Bonchev–Trinajstić information content (AvgIpc) is 2.36. The SMILES string of the molecule is COCCOCC(=O)Nc1ccc(Cl)c(C(N)=O)c1. The fourth-order valence-corrected chi connectivity index (χ4v) is 1.51. The Kier molecular flexibility index (Phi) is 6.27. The summed E-state index contributed by atoms with van der Waals surface area (Å²) in [5.74, 6) is -0.994. The number of ether oxygens (including phenoxy) is 2. The maximum atomic E-state index is 11.5. The topological polar surface area (TPSA) is 90.7 Å². The molecule has 1 aromatic rings. The Labute approximate surface area is 115 Å². The number of methoxy groups -OCH3 is 1. The summed E-state index contributed by atoms with van der Waals surface area (Å²) >= 11 is 5.79. The third-order valence-corrected chi connectivity index (χ3v) is 2.51. The lowest BCUT2D eigenvalue weighted by Crippen LogP contribution is -2.20. The number of nitrogens with two attached hydrogens (primary N) is 1. The molecule has 0 atom stereocenters. The molecule has 0 bridgehead atoms. The summed E-state index contributed by atoms with van der Waals surface area (Å²) in [7, 11) is 1.54. The van der Waals surface area contributed by atoms with Gasteiger partial charge in [-0.3, -0.25) is 9.59 Å². The van der Waals surface area contributed by atoms with Gasteiger partial charge in [0.2, 0.25) is 11.8 Å². The van der Waals surface area contributed by atoms with E-state index in [2.05, 4.69) is 5.32 Å². The fraction of sp³-hybridized carbons (Fsp3) is 0.333. The molecule has 0 aliphatic rings. The van der Waals surface area contributed by atoms with Gasteiger partial charge in [-0.25, -0.2) is 0 Å². The Morgan fingerprint density at radius 2 is 2.11 bits per heavy atom. The zero-order chi connectivity index (χ0) is 14.3. The zero-order valence-electron chi connectivity index (χ0n) is 10.4. The van der Waals surface area contributed by atoms with E-state index in [1.54, 1.807) is 13.2 Å². The first-order valence-corrected chi connectivity index (χ1v) is 5.88. The van der Waals surface area contributed by atoms with E-state index in [0.717, 1.165) is 0 Å². The largest absolute Gasteiger partial charge is 0.382 e. The number of primary amides is 1. The van der Waals surface area contributed by atoms with E-state index in [9.17, 15) is 9.59 Å². The molecule has 7 heteroatoms. The summed E-state index contributed by atoms with van der Waals surface area (Å²) in [6, 6.07) is 4.47. The first-order valence-electron chi connectivity index (χ1n) is 5.50. The summed E-state index contributed by atoms with van der Waals surface area (Å²) in [5.41, 5.74) is 5.73. The van der Waals surface area contributed by atoms with Gasteiger partial charge in [-0.15, -0.1) is 0 Å². The normalized spacial score (nSPS) is 10.2. The molecular weight excluding hydrogens is 272 g/mol. The van der Waals surface area contributed by atoms with E-state index in [-0.39, 0.29) is 23.1 Å². The van der Waals surface area contributed by atoms with Crippen molar-refractivity contribution in [1.82, 2.24) is 0 Å². The quantitative estimate of drug-likeness (QED) is 0.733. The summed E-state index contributed by atoms with van der Waals surface area (Å²) in [5, 5.41) is 2.81. The van der Waals surface area contributed by atoms with Crippen LogP contribution >= 0.6 is 11.6 Å². The molecule has 104 valence electrons. The highest BCUT2D eigenvalue weighted by Gasteiger charge is 2.09. The van der Waals surface area contributed by atoms with Crippen LogP contribution < -0.4 is 11.1 Å². The summed E-state index contributed by atoms with van der Waals surface area (Å²) in [4.78, 5) is 22.6. The van der Waals surface area contributed by atoms with E-state index >= 15 is 0 Å². The Morgan fingerprint density at radius 1 is 1.37 bits per heavy atom. The van der Waals surface area contributed by atoms with Gasteiger partial charge in [0.15, 0.2) is 0 Å². The lowest BCUT2D eigenvalue weighted by molar-refractivity contribution is -0.121. The molecule has 0 saturated carbocycles. The van der Waals surface area contributed by atoms with Crippen LogP contribution in [0.4, 0.5) is 5.69 Å². The molecule has 1 rings (SSSR count). The highest BCUT2D eigenvalue weighted by molar-refractivity contribution is 6.33. The lowest BCUT2D eigenvalue weighted by Gasteiger charge is -2.08. The van der Waals surface area contributed by atoms with Crippen LogP contribution in [0.1, 0.15) is 10.4 Å². The molecule has 2 amide bonds. The smallest absolute Gasteiger partial charge is 0.250 e. The second-order valence-corrected chi connectivity index (χ2v) is 4.06. The van der Waals surface area contributed by atoms with Crippen LogP contribution in [0.25, 0.3) is 0 Å². The van der Waals surface area contributed by atoms with Crippen LogP contribution in [-0.2, 0) is 14.3 Å². The van der Waals surface area contributed by atoms with Gasteiger partial charge < -0.3 is 20.5 Å². The molecule has 19 heavy (non-hydrogen) atoms. The van der Waals surface area contributed by atoms with Crippen molar-refractivity contribution in [2.24, 2.45) is 5.73 Å². The number of halogens is 1. The molecule has 0 aromatic heterocycles. The molecule has 0 saturated heterocycles. The van der Waals surface area contributed by atoms with Gasteiger partial charge in [-0.1, -0.05) is 11.6 Å². The van der Waals surface area contributed by atoms with Crippen molar-refractivity contribution in [2.45, 2.75) is 0 Å². The number of hydrogen-bond acceptors (Lipinski definition) is 4. The lowest BCUT2D eigenvalue weighted by atomic mass is 10.2. The van der Waals surface area contributed by atoms with Gasteiger partial charge in [0.05, 0.1) is 23.8 Å². The number of carbonyl (C=O) groups is 2. The number of benzene rings is 1. The highest BCUT2D eigenvalue weighted by Crippen LogP contribution is 2.20. The van der Waals surface area contributed by atoms with Crippen molar-refractivity contribution >= 4 is 29.1 Å². The van der Waals surface area contributed by atoms with Crippen LogP contribution in [0.3, 0.4) is 0 Å². The summed E-state index contributed by atoms with van der Waals surface area (Å²) in [6.07, 6.45) is 0. The summed E-state index contributed by atoms with van der Waals surface area (Å²) < 4.78 is 9.83. The first-order chi connectivity index (χ1) is 9.04. The maximum Gasteiger partial charge on any atom is 0.250 e. The molecule has 0 fully saturated rings. The predicted octanol–water partition coefficient (Wildman–Crippen LogP) is 1.04. The van der Waals surface area contributed by atoms with Crippen molar-refractivity contribution in [2.75, 3.05) is 32.2 Å². The van der Waals surface area contributed by atoms with E-state index < -0.39 is 5.91 Å². The minimum atomic E-state index is -0.655. The van der Waals surface area contributed by atoms with E-state index in [1.165, 1.54) is 12.1 Å². The predicted molar refractivity (Wildman–Crippen MR) is 71.3 cm³/mol. The second-order valence-electron chi connectivity index (χ2n) is 3.65. The standard InChI is InChI=1S/C12H15ClN2O4/c1-18-4-5-19-7-11(16)15-8-2-3-10(13)9(6-8)12(14)17/h2-3,6H,4-5,7H2,1H3,(H2,14,17)(H,15,16). The van der Waals surface area contributed by atoms with Crippen molar-refractivity contribution in [3.05, 3.63) is 28.8 Å². The molecule has 3 N–H and O–H groups in total. The van der Waals surface area contributed by atoms with Crippen molar-refractivity contribution in [3.8, 4) is 0 Å². The van der Waals surface area contributed by atoms with E-state index in [1.807, 2.05) is 0 Å². The van der Waals surface area contributed by atoms with Gasteiger partial charge >= 0.3 is 0 Å². The van der Waals surface area contributed by atoms with Crippen LogP contribution in [0.5, 0.6) is 0 Å². The van der Waals surface area contributed by atoms with Crippen molar-refractivity contribution < 1.29 is 19.1 Å². The van der Waals surface area contributed by atoms with E-state index in [4.69, 9.17) is 26.8 Å². The Morgan fingerprint density at radius 3 is 2.74 bits per heavy atom. The first kappa shape index (κ1) is 15.4. The second kappa shape index (κ2) is 7.73. The highest BCUT2D eigenvalue weighted by atomic mass is 35.5. The zero-order valence-corrected chi connectivity index (χ0v) is 11.2. The van der Waals surface area contributed by atoms with Crippen LogP contribution in [0.2, 0.25) is 5.02 Å². The van der Waals surface area contributed by atoms with Crippen molar-refractivity contribution in [3.63, 3.8) is 0 Å². The minimum Gasteiger partial charge on any atom is -0.382 e. The number of anilines is 1. The maximum absolute atomic E-state index is 11.5. The van der Waals surface area contributed by atoms with Gasteiger partial charge in [0.1, 0.15) is 6.61 Å². The molecule has 0 radical (unpaired) electrons. The third-order valence-electron chi connectivity index (χ3n) is 2.18. The molecule has 0 unspecified atom stereocenters. The molecular formula is C12H15ClN2O4.